The molecule has 3 rings (SSSR count). The molecule has 5 heteroatoms. The lowest BCUT2D eigenvalue weighted by molar-refractivity contribution is 0.0538. The Morgan fingerprint density at radius 3 is 2.58 bits per heavy atom. The van der Waals surface area contributed by atoms with Crippen LogP contribution in [0.25, 0.3) is 10.9 Å². The minimum atomic E-state index is -0.595. The molecule has 0 aliphatic carbocycles. The highest BCUT2D eigenvalue weighted by molar-refractivity contribution is 6.14. The first-order chi connectivity index (χ1) is 11.2. The van der Waals surface area contributed by atoms with Crippen molar-refractivity contribution in [3.8, 4) is 0 Å². The predicted octanol–water partition coefficient (Wildman–Crippen LogP) is 3.74. The van der Waals surface area contributed by atoms with Gasteiger partial charge in [-0.1, -0.05) is 32.0 Å². The Labute approximate surface area is 142 Å². The van der Waals surface area contributed by atoms with Gasteiger partial charge in [-0.15, -0.1) is 0 Å². The number of ether oxygens (including phenoxy) is 1. The maximum atomic E-state index is 13.0. The summed E-state index contributed by atoms with van der Waals surface area (Å²) in [6.07, 6.45) is -0.447. The van der Waals surface area contributed by atoms with Crippen molar-refractivity contribution < 1.29 is 14.3 Å². The zero-order valence-corrected chi connectivity index (χ0v) is 14.8. The summed E-state index contributed by atoms with van der Waals surface area (Å²) in [5.41, 5.74) is 1.46. The van der Waals surface area contributed by atoms with Gasteiger partial charge in [-0.05, 0) is 32.8 Å². The van der Waals surface area contributed by atoms with Crippen molar-refractivity contribution in [2.45, 2.75) is 52.8 Å². The predicted molar refractivity (Wildman–Crippen MR) is 93.4 cm³/mol. The van der Waals surface area contributed by atoms with Gasteiger partial charge in [0.15, 0.2) is 5.78 Å². The molecule has 1 aromatic heterocycles. The van der Waals surface area contributed by atoms with Crippen LogP contribution in [-0.4, -0.2) is 28.1 Å². The number of carbonyl (C=O) groups excluding carboxylic acids is 2. The third-order valence-electron chi connectivity index (χ3n) is 4.23. The van der Waals surface area contributed by atoms with E-state index in [4.69, 9.17) is 4.74 Å². The van der Waals surface area contributed by atoms with Crippen molar-refractivity contribution in [1.29, 1.82) is 0 Å². The Kier molecular flexibility index (Phi) is 4.00. The third-order valence-corrected chi connectivity index (χ3v) is 4.23. The number of benzene rings is 1. The van der Waals surface area contributed by atoms with E-state index in [9.17, 15) is 9.59 Å². The molecule has 0 saturated heterocycles. The molecule has 0 fully saturated rings. The Bertz CT molecular complexity index is 812. The summed E-state index contributed by atoms with van der Waals surface area (Å²) in [4.78, 5) is 25.7. The van der Waals surface area contributed by atoms with E-state index in [0.717, 1.165) is 10.9 Å². The van der Waals surface area contributed by atoms with E-state index in [1.165, 1.54) is 4.57 Å². The van der Waals surface area contributed by atoms with E-state index in [1.54, 1.807) is 0 Å². The van der Waals surface area contributed by atoms with Crippen LogP contribution in [0.15, 0.2) is 24.3 Å². The number of nitrogens with one attached hydrogen (secondary N) is 1. The standard InChI is InChI=1S/C19H24N2O3/c1-11(2)16-17(22)15-12-8-6-7-9-13(12)21(14(15)10-20-16)18(23)24-19(3,4)5/h6-9,11,16,20H,10H2,1-5H3/t16-/m0/s1. The zero-order valence-electron chi connectivity index (χ0n) is 14.8. The number of carbonyl (C=O) groups is 2. The maximum Gasteiger partial charge on any atom is 0.419 e. The molecule has 0 spiro atoms. The number of Topliss-reactive ketones (excluding diaryl/α,β-unsaturated/α-hetero) is 1. The van der Waals surface area contributed by atoms with Crippen LogP contribution >= 0.6 is 0 Å². The minimum Gasteiger partial charge on any atom is -0.443 e. The molecular formula is C19H24N2O3. The number of aromatic nitrogens is 1. The molecule has 5 nitrogen and oxygen atoms in total. The van der Waals surface area contributed by atoms with Crippen LogP contribution in [0.5, 0.6) is 0 Å². The molecule has 0 unspecified atom stereocenters. The van der Waals surface area contributed by atoms with Crippen LogP contribution in [0.2, 0.25) is 0 Å². The number of hydrogen-bond donors (Lipinski definition) is 1. The molecule has 0 radical (unpaired) electrons. The summed E-state index contributed by atoms with van der Waals surface area (Å²) in [5.74, 6) is 0.235. The van der Waals surface area contributed by atoms with Gasteiger partial charge in [-0.2, -0.15) is 0 Å². The van der Waals surface area contributed by atoms with Gasteiger partial charge < -0.3 is 10.1 Å². The number of hydrogen-bond acceptors (Lipinski definition) is 4. The summed E-state index contributed by atoms with van der Waals surface area (Å²) in [5, 5.41) is 4.08. The highest BCUT2D eigenvalue weighted by Gasteiger charge is 2.36. The molecule has 1 atom stereocenters. The fourth-order valence-electron chi connectivity index (χ4n) is 3.24. The first-order valence-corrected chi connectivity index (χ1v) is 8.34. The summed E-state index contributed by atoms with van der Waals surface area (Å²) in [6.45, 7) is 10.0. The number of rotatable bonds is 1. The van der Waals surface area contributed by atoms with Crippen LogP contribution in [0.1, 0.15) is 50.7 Å². The van der Waals surface area contributed by atoms with Crippen molar-refractivity contribution in [3.63, 3.8) is 0 Å². The van der Waals surface area contributed by atoms with Gasteiger partial charge in [0.1, 0.15) is 5.60 Å². The van der Waals surface area contributed by atoms with Crippen molar-refractivity contribution in [2.75, 3.05) is 0 Å². The molecule has 0 bridgehead atoms. The molecule has 1 aromatic carbocycles. The molecule has 1 aliphatic rings. The van der Waals surface area contributed by atoms with Crippen LogP contribution in [0.4, 0.5) is 4.79 Å². The average Bonchev–Trinajstić information content (AvgIpc) is 2.80. The van der Waals surface area contributed by atoms with Crippen molar-refractivity contribution >= 4 is 22.8 Å². The Hall–Kier alpha value is -2.14. The Balaban J connectivity index is 2.19. The van der Waals surface area contributed by atoms with Gasteiger partial charge in [0.05, 0.1) is 17.3 Å². The van der Waals surface area contributed by atoms with Crippen molar-refractivity contribution in [3.05, 3.63) is 35.5 Å². The van der Waals surface area contributed by atoms with Crippen LogP contribution in [0, 0.1) is 5.92 Å². The van der Waals surface area contributed by atoms with Crippen molar-refractivity contribution in [1.82, 2.24) is 9.88 Å². The molecule has 128 valence electrons. The van der Waals surface area contributed by atoms with E-state index in [2.05, 4.69) is 5.32 Å². The highest BCUT2D eigenvalue weighted by atomic mass is 16.6. The van der Waals surface area contributed by atoms with Gasteiger partial charge >= 0.3 is 6.09 Å². The van der Waals surface area contributed by atoms with E-state index in [1.807, 2.05) is 58.9 Å². The summed E-state index contributed by atoms with van der Waals surface area (Å²) in [7, 11) is 0. The number of fused-ring (bicyclic) bond motifs is 3. The molecule has 1 N–H and O–H groups in total. The minimum absolute atomic E-state index is 0.0461. The van der Waals surface area contributed by atoms with Gasteiger partial charge in [-0.25, -0.2) is 9.36 Å². The van der Waals surface area contributed by atoms with E-state index in [-0.39, 0.29) is 17.7 Å². The van der Waals surface area contributed by atoms with Crippen molar-refractivity contribution in [2.24, 2.45) is 5.92 Å². The number of nitrogens with zero attached hydrogens (tertiary/aromatic N) is 1. The van der Waals surface area contributed by atoms with E-state index in [0.29, 0.717) is 17.8 Å². The lowest BCUT2D eigenvalue weighted by Crippen LogP contribution is -2.45. The topological polar surface area (TPSA) is 60.3 Å². The lowest BCUT2D eigenvalue weighted by Gasteiger charge is -2.27. The first kappa shape index (κ1) is 16.7. The third kappa shape index (κ3) is 2.73. The molecular weight excluding hydrogens is 304 g/mol. The largest absolute Gasteiger partial charge is 0.443 e. The summed E-state index contributed by atoms with van der Waals surface area (Å²) < 4.78 is 7.09. The highest BCUT2D eigenvalue weighted by Crippen LogP contribution is 2.32. The molecule has 1 aliphatic heterocycles. The number of ketones is 1. The van der Waals surface area contributed by atoms with E-state index >= 15 is 0 Å². The molecule has 24 heavy (non-hydrogen) atoms. The van der Waals surface area contributed by atoms with Crippen LogP contribution in [0.3, 0.4) is 0 Å². The maximum absolute atomic E-state index is 13.0. The van der Waals surface area contributed by atoms with E-state index < -0.39 is 11.7 Å². The molecule has 2 aromatic rings. The SMILES string of the molecule is CC(C)[C@@H]1NCc2c(c3ccccc3n2C(=O)OC(C)(C)C)C1=O. The average molecular weight is 328 g/mol. The molecule has 2 heterocycles. The Morgan fingerprint density at radius 2 is 1.96 bits per heavy atom. The first-order valence-electron chi connectivity index (χ1n) is 8.34. The molecule has 0 saturated carbocycles. The smallest absolute Gasteiger partial charge is 0.419 e. The monoisotopic (exact) mass is 328 g/mol. The van der Waals surface area contributed by atoms with Gasteiger partial charge in [-0.3, -0.25) is 4.79 Å². The normalized spacial score (nSPS) is 18.1. The lowest BCUT2D eigenvalue weighted by atomic mass is 9.90. The second kappa shape index (κ2) is 5.74. The van der Waals surface area contributed by atoms with Crippen LogP contribution < -0.4 is 5.32 Å². The zero-order chi connectivity index (χ0) is 17.6. The summed E-state index contributed by atoms with van der Waals surface area (Å²) in [6, 6.07) is 7.29. The fourth-order valence-corrected chi connectivity index (χ4v) is 3.24. The second-order valence-electron chi connectivity index (χ2n) is 7.62. The number of para-hydroxylation sites is 1. The summed E-state index contributed by atoms with van der Waals surface area (Å²) >= 11 is 0. The van der Waals surface area contributed by atoms with Gasteiger partial charge in [0, 0.05) is 17.5 Å². The quantitative estimate of drug-likeness (QED) is 0.866. The second-order valence-corrected chi connectivity index (χ2v) is 7.62. The molecule has 0 amide bonds. The van der Waals surface area contributed by atoms with Gasteiger partial charge in [0.25, 0.3) is 0 Å². The Morgan fingerprint density at radius 1 is 1.29 bits per heavy atom. The fraction of sp³-hybridized carbons (Fsp3) is 0.474. The van der Waals surface area contributed by atoms with Gasteiger partial charge in [0.2, 0.25) is 0 Å². The van der Waals surface area contributed by atoms with Crippen LogP contribution in [-0.2, 0) is 11.3 Å².